The van der Waals surface area contributed by atoms with Crippen molar-refractivity contribution < 1.29 is 37.7 Å². The maximum atomic E-state index is 12.2. The monoisotopic (exact) mass is 601 g/mol. The Balaban J connectivity index is 2.25. The predicted octanol–water partition coefficient (Wildman–Crippen LogP) is 7.19. The largest absolute Gasteiger partial charge is 0.470 e. The van der Waals surface area contributed by atoms with Crippen LogP contribution in [0.3, 0.4) is 0 Å². The first kappa shape index (κ1) is 37.5. The molecule has 0 aliphatic rings. The number of amides is 1. The number of ether oxygens (including phenoxy) is 2. The number of carbonyl (C=O) groups is 1. The van der Waals surface area contributed by atoms with E-state index in [1.165, 1.54) is 94.8 Å². The molecule has 238 valence electrons. The number of hydrogen-bond acceptors (Lipinski definition) is 5. The van der Waals surface area contributed by atoms with Gasteiger partial charge in [0.15, 0.2) is 18.9 Å². The minimum Gasteiger partial charge on any atom is -0.444 e. The van der Waals surface area contributed by atoms with Crippen LogP contribution in [0.4, 0.5) is 4.79 Å². The lowest BCUT2D eigenvalue weighted by atomic mass is 10.0. The molecule has 2 unspecified atom stereocenters. The number of phosphoric ester groups is 1. The van der Waals surface area contributed by atoms with E-state index in [4.69, 9.17) is 14.0 Å². The maximum Gasteiger partial charge on any atom is 0.470 e. The van der Waals surface area contributed by atoms with Gasteiger partial charge in [-0.15, -0.1) is 0 Å². The summed E-state index contributed by atoms with van der Waals surface area (Å²) in [5.74, 6) is 0. The van der Waals surface area contributed by atoms with Crippen LogP contribution in [-0.4, -0.2) is 60.3 Å². The van der Waals surface area contributed by atoms with Crippen molar-refractivity contribution in [2.75, 3.05) is 27.3 Å². The van der Waals surface area contributed by atoms with Gasteiger partial charge in [0.2, 0.25) is 0 Å². The Morgan fingerprint density at radius 3 is 1.73 bits per heavy atom. The van der Waals surface area contributed by atoms with Crippen molar-refractivity contribution in [1.29, 1.82) is 0 Å². The number of carbonyl (C=O) groups excluding carboxylic acids is 1. The third-order valence-corrected chi connectivity index (χ3v) is 7.66. The van der Waals surface area contributed by atoms with Crippen LogP contribution in [-0.2, 0) is 25.1 Å². The number of unbranched alkanes of at least 4 members (excludes halogenated alkanes) is 15. The summed E-state index contributed by atoms with van der Waals surface area (Å²) in [6.45, 7) is 3.15. The fourth-order valence-electron chi connectivity index (χ4n) is 4.79. The fraction of sp³-hybridized carbons (Fsp3) is 0.806. The summed E-state index contributed by atoms with van der Waals surface area (Å²) in [6.07, 6.45) is 22.4. The van der Waals surface area contributed by atoms with Gasteiger partial charge in [-0.1, -0.05) is 109 Å². The molecule has 0 bridgehead atoms. The van der Waals surface area contributed by atoms with Crippen molar-refractivity contribution in [3.05, 3.63) is 30.6 Å². The van der Waals surface area contributed by atoms with E-state index in [1.807, 2.05) is 18.2 Å². The average Bonchev–Trinajstić information content (AvgIpc) is 2.91. The minimum atomic E-state index is -4.74. The van der Waals surface area contributed by atoms with Crippen LogP contribution in [0.1, 0.15) is 116 Å². The smallest absolute Gasteiger partial charge is 0.444 e. The Labute approximate surface area is 249 Å². The van der Waals surface area contributed by atoms with Gasteiger partial charge < -0.3 is 24.2 Å². The second-order valence-corrected chi connectivity index (χ2v) is 12.5. The van der Waals surface area contributed by atoms with E-state index in [0.29, 0.717) is 6.61 Å². The molecule has 1 heterocycles. The highest BCUT2D eigenvalue weighted by atomic mass is 31.2. The van der Waals surface area contributed by atoms with E-state index >= 15 is 0 Å². The number of pyridine rings is 1. The van der Waals surface area contributed by atoms with Gasteiger partial charge in [-0.2, -0.15) is 0 Å². The summed E-state index contributed by atoms with van der Waals surface area (Å²) >= 11 is 0. The molecule has 0 aliphatic carbocycles. The highest BCUT2D eigenvalue weighted by Gasteiger charge is 2.30. The molecule has 1 aromatic rings. The topological polar surface area (TPSA) is 109 Å². The lowest BCUT2D eigenvalue weighted by Gasteiger charge is -2.24. The Hall–Kier alpha value is -1.51. The summed E-state index contributed by atoms with van der Waals surface area (Å²) in [6, 6.07) is 5.49. The first-order valence-electron chi connectivity index (χ1n) is 15.8. The van der Waals surface area contributed by atoms with Crippen molar-refractivity contribution in [3.8, 4) is 0 Å². The number of rotatable bonds is 26. The zero-order valence-electron chi connectivity index (χ0n) is 26.0. The van der Waals surface area contributed by atoms with Gasteiger partial charge in [0.05, 0.1) is 6.61 Å². The SMILES string of the molecule is CCCCCCCCCCCCCCCCCCOCC(CC(C[n+]1ccccc1)OP(=O)(O)O)OC(=O)N(C)C. The van der Waals surface area contributed by atoms with Crippen molar-refractivity contribution in [2.24, 2.45) is 0 Å². The number of aromatic nitrogens is 1. The molecule has 0 saturated carbocycles. The Kier molecular flexibility index (Phi) is 21.9. The second-order valence-electron chi connectivity index (χ2n) is 11.3. The predicted molar refractivity (Wildman–Crippen MR) is 162 cm³/mol. The third kappa shape index (κ3) is 22.7. The summed E-state index contributed by atoms with van der Waals surface area (Å²) in [5, 5.41) is 0. The van der Waals surface area contributed by atoms with E-state index in [9.17, 15) is 19.1 Å². The van der Waals surface area contributed by atoms with Crippen LogP contribution in [0, 0.1) is 0 Å². The summed E-state index contributed by atoms with van der Waals surface area (Å²) in [5.41, 5.74) is 0. The molecule has 0 radical (unpaired) electrons. The lowest BCUT2D eigenvalue weighted by Crippen LogP contribution is -2.42. The van der Waals surface area contributed by atoms with Crippen LogP contribution >= 0.6 is 7.82 Å². The summed E-state index contributed by atoms with van der Waals surface area (Å²) in [7, 11) is -1.57. The molecular formula is C31H58N2O7P+. The van der Waals surface area contributed by atoms with Crippen LogP contribution < -0.4 is 4.57 Å². The molecule has 0 saturated heterocycles. The molecule has 2 atom stereocenters. The zero-order chi connectivity index (χ0) is 30.2. The highest BCUT2D eigenvalue weighted by molar-refractivity contribution is 7.46. The van der Waals surface area contributed by atoms with Crippen LogP contribution in [0.5, 0.6) is 0 Å². The van der Waals surface area contributed by atoms with Crippen LogP contribution in [0.15, 0.2) is 30.6 Å². The Morgan fingerprint density at radius 1 is 0.780 bits per heavy atom. The van der Waals surface area contributed by atoms with Crippen molar-refractivity contribution in [1.82, 2.24) is 4.90 Å². The summed E-state index contributed by atoms with van der Waals surface area (Å²) in [4.78, 5) is 32.4. The fourth-order valence-corrected chi connectivity index (χ4v) is 5.34. The van der Waals surface area contributed by atoms with Gasteiger partial charge in [-0.05, 0) is 6.42 Å². The van der Waals surface area contributed by atoms with E-state index in [0.717, 1.165) is 12.8 Å². The molecule has 1 rings (SSSR count). The first-order chi connectivity index (χ1) is 19.7. The number of nitrogens with zero attached hydrogens (tertiary/aromatic N) is 2. The molecule has 10 heteroatoms. The van der Waals surface area contributed by atoms with Gasteiger partial charge in [0, 0.05) is 39.3 Å². The highest BCUT2D eigenvalue weighted by Crippen LogP contribution is 2.38. The Bertz CT molecular complexity index is 807. The third-order valence-electron chi connectivity index (χ3n) is 7.08. The van der Waals surface area contributed by atoms with Gasteiger partial charge in [0.25, 0.3) is 0 Å². The van der Waals surface area contributed by atoms with E-state index in [1.54, 1.807) is 31.1 Å². The molecule has 1 amide bonds. The van der Waals surface area contributed by atoms with E-state index < -0.39 is 26.1 Å². The minimum absolute atomic E-state index is 0.0888. The maximum absolute atomic E-state index is 12.2. The molecule has 1 aromatic heterocycles. The van der Waals surface area contributed by atoms with Crippen molar-refractivity contribution in [3.63, 3.8) is 0 Å². The average molecular weight is 602 g/mol. The lowest BCUT2D eigenvalue weighted by molar-refractivity contribution is -0.703. The van der Waals surface area contributed by atoms with Gasteiger partial charge in [-0.25, -0.2) is 13.9 Å². The Morgan fingerprint density at radius 2 is 1.27 bits per heavy atom. The van der Waals surface area contributed by atoms with Crippen LogP contribution in [0.2, 0.25) is 0 Å². The molecule has 41 heavy (non-hydrogen) atoms. The molecule has 2 N–H and O–H groups in total. The number of hydrogen-bond donors (Lipinski definition) is 2. The van der Waals surface area contributed by atoms with Gasteiger partial charge >= 0.3 is 13.9 Å². The molecule has 0 aromatic carbocycles. The summed E-state index contributed by atoms with van der Waals surface area (Å²) < 4.78 is 29.8. The first-order valence-corrected chi connectivity index (χ1v) is 17.4. The molecule has 0 spiro atoms. The standard InChI is InChI=1S/C31H57N2O7P/c1-4-5-6-7-8-9-10-11-12-13-14-15-16-17-18-22-25-38-28-30(39-31(34)32(2)3)26-29(40-41(35,36)37)27-33-23-20-19-21-24-33/h19-21,23-24,29-30H,4-18,22,25-28H2,1-3H3,(H-,35,36,37)/p+1. The van der Waals surface area contributed by atoms with Crippen molar-refractivity contribution >= 4 is 13.9 Å². The molecular weight excluding hydrogens is 543 g/mol. The van der Waals surface area contributed by atoms with Gasteiger partial charge in [-0.3, -0.25) is 4.52 Å². The van der Waals surface area contributed by atoms with E-state index in [-0.39, 0.29) is 19.6 Å². The normalized spacial score (nSPS) is 13.2. The molecule has 0 fully saturated rings. The number of phosphoric acid groups is 1. The van der Waals surface area contributed by atoms with E-state index in [2.05, 4.69) is 6.92 Å². The van der Waals surface area contributed by atoms with Gasteiger partial charge in [0.1, 0.15) is 12.2 Å². The van der Waals surface area contributed by atoms with Crippen LogP contribution in [0.25, 0.3) is 0 Å². The van der Waals surface area contributed by atoms with Crippen molar-refractivity contribution in [2.45, 2.75) is 135 Å². The second kappa shape index (κ2) is 24.0. The molecule has 0 aliphatic heterocycles. The zero-order valence-corrected chi connectivity index (χ0v) is 26.9. The molecule has 9 nitrogen and oxygen atoms in total. The quantitative estimate of drug-likeness (QED) is 0.0657.